The van der Waals surface area contributed by atoms with Gasteiger partial charge in [0.2, 0.25) is 0 Å². The van der Waals surface area contributed by atoms with Gasteiger partial charge in [0.1, 0.15) is 6.10 Å². The summed E-state index contributed by atoms with van der Waals surface area (Å²) in [6.45, 7) is 0.288. The lowest BCUT2D eigenvalue weighted by molar-refractivity contribution is 0.164. The number of ether oxygens (including phenoxy) is 1. The van der Waals surface area contributed by atoms with Gasteiger partial charge in [-0.1, -0.05) is 6.08 Å². The summed E-state index contributed by atoms with van der Waals surface area (Å²) in [5, 5.41) is 10.5. The van der Waals surface area contributed by atoms with Crippen molar-refractivity contribution in [2.24, 2.45) is 0 Å². The second kappa shape index (κ2) is 3.65. The molecule has 1 amide bonds. The van der Waals surface area contributed by atoms with Crippen LogP contribution in [0.15, 0.2) is 24.5 Å². The molecule has 0 saturated carbocycles. The molecule has 0 aromatic heterocycles. The molecule has 0 spiro atoms. The summed E-state index contributed by atoms with van der Waals surface area (Å²) < 4.78 is 5.04. The average molecular weight is 155 g/mol. The maximum absolute atomic E-state index is 10.0. The Labute approximate surface area is 64.2 Å². The Morgan fingerprint density at radius 2 is 2.45 bits per heavy atom. The zero-order valence-corrected chi connectivity index (χ0v) is 5.86. The Morgan fingerprint density at radius 1 is 1.64 bits per heavy atom. The summed E-state index contributed by atoms with van der Waals surface area (Å²) in [5.74, 6) is 0. The fraction of sp³-hybridized carbons (Fsp3) is 0.286. The molecule has 0 aromatic carbocycles. The normalized spacial score (nSPS) is 20.9. The van der Waals surface area contributed by atoms with Crippen LogP contribution in [0.4, 0.5) is 4.79 Å². The van der Waals surface area contributed by atoms with Crippen molar-refractivity contribution in [1.29, 1.82) is 0 Å². The highest BCUT2D eigenvalue weighted by Gasteiger charge is 2.06. The van der Waals surface area contributed by atoms with E-state index >= 15 is 0 Å². The van der Waals surface area contributed by atoms with Gasteiger partial charge in [-0.15, -0.1) is 0 Å². The predicted octanol–water partition coefficient (Wildman–Crippen LogP) is 0.723. The lowest BCUT2D eigenvalue weighted by Crippen LogP contribution is -2.31. The number of rotatable bonds is 2. The zero-order chi connectivity index (χ0) is 8.10. The fourth-order valence-electron chi connectivity index (χ4n) is 0.729. The number of amides is 1. The molecule has 0 fully saturated rings. The highest BCUT2D eigenvalue weighted by molar-refractivity contribution is 5.64. The highest BCUT2D eigenvalue weighted by atomic mass is 16.5. The number of carbonyl (C=O) groups is 1. The first-order valence-corrected chi connectivity index (χ1v) is 3.24. The monoisotopic (exact) mass is 155 g/mol. The molecule has 1 unspecified atom stereocenters. The van der Waals surface area contributed by atoms with Gasteiger partial charge in [-0.25, -0.2) is 4.79 Å². The van der Waals surface area contributed by atoms with E-state index in [1.165, 1.54) is 6.26 Å². The molecule has 2 N–H and O–H groups in total. The maximum Gasteiger partial charge on any atom is 0.404 e. The number of carboxylic acid groups (broad SMARTS) is 1. The Balaban J connectivity index is 2.22. The van der Waals surface area contributed by atoms with Crippen LogP contribution in [-0.2, 0) is 4.74 Å². The lowest BCUT2D eigenvalue weighted by Gasteiger charge is -2.13. The van der Waals surface area contributed by atoms with Crippen LogP contribution in [-0.4, -0.2) is 23.8 Å². The van der Waals surface area contributed by atoms with Gasteiger partial charge in [0.15, 0.2) is 0 Å². The summed E-state index contributed by atoms with van der Waals surface area (Å²) >= 11 is 0. The summed E-state index contributed by atoms with van der Waals surface area (Å²) in [6.07, 6.45) is 5.69. The first-order chi connectivity index (χ1) is 5.29. The van der Waals surface area contributed by atoms with E-state index in [-0.39, 0.29) is 12.6 Å². The summed E-state index contributed by atoms with van der Waals surface area (Å²) in [6, 6.07) is 0. The lowest BCUT2D eigenvalue weighted by atomic mass is 10.3. The van der Waals surface area contributed by atoms with Crippen molar-refractivity contribution in [2.75, 3.05) is 6.54 Å². The van der Waals surface area contributed by atoms with E-state index in [2.05, 4.69) is 5.32 Å². The van der Waals surface area contributed by atoms with Crippen LogP contribution in [0, 0.1) is 0 Å². The molecule has 1 rings (SSSR count). The van der Waals surface area contributed by atoms with Crippen molar-refractivity contribution in [3.05, 3.63) is 24.5 Å². The molecule has 1 atom stereocenters. The molecule has 0 radical (unpaired) electrons. The number of hydrogen-bond donors (Lipinski definition) is 2. The largest absolute Gasteiger partial charge is 0.492 e. The van der Waals surface area contributed by atoms with Crippen LogP contribution in [0.5, 0.6) is 0 Å². The van der Waals surface area contributed by atoms with Gasteiger partial charge in [0, 0.05) is 0 Å². The molecule has 0 saturated heterocycles. The summed E-state index contributed by atoms with van der Waals surface area (Å²) in [4.78, 5) is 10.0. The van der Waals surface area contributed by atoms with Crippen molar-refractivity contribution in [2.45, 2.75) is 6.10 Å². The Bertz CT molecular complexity index is 198. The van der Waals surface area contributed by atoms with Crippen LogP contribution in [0.1, 0.15) is 0 Å². The number of allylic oxidation sites excluding steroid dienone is 2. The molecule has 0 aliphatic carbocycles. The molecule has 60 valence electrons. The van der Waals surface area contributed by atoms with Crippen LogP contribution in [0.3, 0.4) is 0 Å². The van der Waals surface area contributed by atoms with Crippen molar-refractivity contribution >= 4 is 6.09 Å². The minimum atomic E-state index is -1.03. The standard InChI is InChI=1S/C7H9NO3/c9-7(10)8-5-6-3-1-2-4-11-6/h1-4,6,8H,5H2,(H,9,10). The van der Waals surface area contributed by atoms with E-state index < -0.39 is 6.09 Å². The summed E-state index contributed by atoms with van der Waals surface area (Å²) in [5.41, 5.74) is 0. The predicted molar refractivity (Wildman–Crippen MR) is 39.2 cm³/mol. The van der Waals surface area contributed by atoms with Crippen molar-refractivity contribution < 1.29 is 14.6 Å². The van der Waals surface area contributed by atoms with Gasteiger partial charge in [-0.3, -0.25) is 0 Å². The molecule has 4 heteroatoms. The number of nitrogens with one attached hydrogen (secondary N) is 1. The Kier molecular flexibility index (Phi) is 2.54. The fourth-order valence-corrected chi connectivity index (χ4v) is 0.729. The minimum Gasteiger partial charge on any atom is -0.492 e. The average Bonchev–Trinajstić information content (AvgIpc) is 2.03. The van der Waals surface area contributed by atoms with Gasteiger partial charge in [-0.2, -0.15) is 0 Å². The van der Waals surface area contributed by atoms with Crippen LogP contribution in [0.2, 0.25) is 0 Å². The maximum atomic E-state index is 10.0. The molecule has 4 nitrogen and oxygen atoms in total. The Morgan fingerprint density at radius 3 is 3.00 bits per heavy atom. The molecule has 1 aliphatic rings. The van der Waals surface area contributed by atoms with Gasteiger partial charge in [-0.05, 0) is 12.2 Å². The van der Waals surface area contributed by atoms with Gasteiger partial charge in [0.05, 0.1) is 12.8 Å². The molecule has 11 heavy (non-hydrogen) atoms. The highest BCUT2D eigenvalue weighted by Crippen LogP contribution is 1.99. The summed E-state index contributed by atoms with van der Waals surface area (Å²) in [7, 11) is 0. The van der Waals surface area contributed by atoms with Crippen molar-refractivity contribution in [1.82, 2.24) is 5.32 Å². The van der Waals surface area contributed by atoms with E-state index in [9.17, 15) is 4.79 Å². The van der Waals surface area contributed by atoms with E-state index in [0.29, 0.717) is 0 Å². The van der Waals surface area contributed by atoms with Gasteiger partial charge >= 0.3 is 6.09 Å². The van der Waals surface area contributed by atoms with Crippen LogP contribution in [0.25, 0.3) is 0 Å². The van der Waals surface area contributed by atoms with Gasteiger partial charge < -0.3 is 15.2 Å². The second-order valence-corrected chi connectivity index (χ2v) is 2.07. The van der Waals surface area contributed by atoms with E-state index in [1.807, 2.05) is 6.08 Å². The smallest absolute Gasteiger partial charge is 0.404 e. The van der Waals surface area contributed by atoms with Gasteiger partial charge in [0.25, 0.3) is 0 Å². The zero-order valence-electron chi connectivity index (χ0n) is 5.86. The molecule has 1 heterocycles. The first kappa shape index (κ1) is 7.65. The van der Waals surface area contributed by atoms with Crippen molar-refractivity contribution in [3.63, 3.8) is 0 Å². The SMILES string of the molecule is O=C(O)NCC1C=CC=CO1. The van der Waals surface area contributed by atoms with Crippen molar-refractivity contribution in [3.8, 4) is 0 Å². The molecular weight excluding hydrogens is 146 g/mol. The van der Waals surface area contributed by atoms with Crippen LogP contribution < -0.4 is 5.32 Å². The van der Waals surface area contributed by atoms with Crippen LogP contribution >= 0.6 is 0 Å². The van der Waals surface area contributed by atoms with E-state index in [0.717, 1.165) is 0 Å². The molecule has 0 bridgehead atoms. The minimum absolute atomic E-state index is 0.170. The van der Waals surface area contributed by atoms with E-state index in [4.69, 9.17) is 9.84 Å². The Hall–Kier alpha value is -1.45. The number of hydrogen-bond acceptors (Lipinski definition) is 2. The topological polar surface area (TPSA) is 58.6 Å². The molecule has 0 aromatic rings. The third-order valence-corrected chi connectivity index (χ3v) is 1.22. The molecule has 1 aliphatic heterocycles. The third kappa shape index (κ3) is 2.75. The van der Waals surface area contributed by atoms with E-state index in [1.54, 1.807) is 12.2 Å². The first-order valence-electron chi connectivity index (χ1n) is 3.24. The quantitative estimate of drug-likeness (QED) is 0.617. The molecular formula is C7H9NO3. The second-order valence-electron chi connectivity index (χ2n) is 2.07. The third-order valence-electron chi connectivity index (χ3n) is 1.22.